The molecule has 0 atom stereocenters. The Balaban J connectivity index is 2.03. The van der Waals surface area contributed by atoms with E-state index in [9.17, 15) is 5.11 Å². The molecule has 1 aromatic rings. The minimum atomic E-state index is -0.107. The summed E-state index contributed by atoms with van der Waals surface area (Å²) >= 11 is 0. The molecule has 3 heteroatoms. The lowest BCUT2D eigenvalue weighted by atomic mass is 10.1. The van der Waals surface area contributed by atoms with Gasteiger partial charge < -0.3 is 15.7 Å². The summed E-state index contributed by atoms with van der Waals surface area (Å²) in [5, 5.41) is 9.41. The first-order valence-corrected chi connectivity index (χ1v) is 5.51. The Morgan fingerprint density at radius 2 is 1.80 bits per heavy atom. The van der Waals surface area contributed by atoms with E-state index in [1.54, 1.807) is 0 Å². The molecule has 3 nitrogen and oxygen atoms in total. The van der Waals surface area contributed by atoms with Gasteiger partial charge in [0.2, 0.25) is 0 Å². The highest BCUT2D eigenvalue weighted by Crippen LogP contribution is 2.20. The lowest BCUT2D eigenvalue weighted by Gasteiger charge is -2.31. The quantitative estimate of drug-likeness (QED) is 0.762. The van der Waals surface area contributed by atoms with Crippen LogP contribution in [-0.2, 0) is 6.54 Å². The van der Waals surface area contributed by atoms with Crippen LogP contribution in [0.5, 0.6) is 0 Å². The zero-order chi connectivity index (χ0) is 10.7. The normalized spacial score (nSPS) is 18.1. The smallest absolute Gasteiger partial charge is 0.0574 e. The summed E-state index contributed by atoms with van der Waals surface area (Å²) in [4.78, 5) is 2.31. The SMILES string of the molecule is NCc1ccc(N2CCC(O)CC2)cc1. The first kappa shape index (κ1) is 10.5. The predicted octanol–water partition coefficient (Wildman–Crippen LogP) is 1.11. The van der Waals surface area contributed by atoms with E-state index in [4.69, 9.17) is 5.73 Å². The number of piperidine rings is 1. The second-order valence-electron chi connectivity index (χ2n) is 4.09. The molecule has 0 unspecified atom stereocenters. The third-order valence-electron chi connectivity index (χ3n) is 3.00. The first-order chi connectivity index (χ1) is 7.29. The number of anilines is 1. The molecule has 1 aliphatic heterocycles. The van der Waals surface area contributed by atoms with Gasteiger partial charge in [0.1, 0.15) is 0 Å². The van der Waals surface area contributed by atoms with E-state index < -0.39 is 0 Å². The number of hydrogen-bond donors (Lipinski definition) is 2. The number of benzene rings is 1. The second-order valence-corrected chi connectivity index (χ2v) is 4.09. The molecule has 0 saturated carbocycles. The topological polar surface area (TPSA) is 49.5 Å². The van der Waals surface area contributed by atoms with Crippen LogP contribution in [0, 0.1) is 0 Å². The fourth-order valence-corrected chi connectivity index (χ4v) is 1.97. The van der Waals surface area contributed by atoms with Crippen molar-refractivity contribution >= 4 is 5.69 Å². The molecule has 0 radical (unpaired) electrons. The van der Waals surface area contributed by atoms with Gasteiger partial charge >= 0.3 is 0 Å². The maximum Gasteiger partial charge on any atom is 0.0574 e. The molecule has 15 heavy (non-hydrogen) atoms. The Morgan fingerprint density at radius 1 is 1.20 bits per heavy atom. The molecule has 3 N–H and O–H groups in total. The zero-order valence-electron chi connectivity index (χ0n) is 8.89. The van der Waals surface area contributed by atoms with Crippen LogP contribution in [0.4, 0.5) is 5.69 Å². The zero-order valence-corrected chi connectivity index (χ0v) is 8.89. The van der Waals surface area contributed by atoms with Crippen molar-refractivity contribution < 1.29 is 5.11 Å². The molecule has 1 heterocycles. The standard InChI is InChI=1S/C12H18N2O/c13-9-10-1-3-11(4-2-10)14-7-5-12(15)6-8-14/h1-4,12,15H,5-9,13H2. The Bertz CT molecular complexity index is 302. The molecule has 1 saturated heterocycles. The minimum Gasteiger partial charge on any atom is -0.393 e. The van der Waals surface area contributed by atoms with Gasteiger partial charge in [-0.3, -0.25) is 0 Å². The Labute approximate surface area is 90.5 Å². The number of aliphatic hydroxyl groups excluding tert-OH is 1. The molecule has 1 fully saturated rings. The van der Waals surface area contributed by atoms with Crippen molar-refractivity contribution in [2.45, 2.75) is 25.5 Å². The number of nitrogens with two attached hydrogens (primary N) is 1. The molecular weight excluding hydrogens is 188 g/mol. The maximum absolute atomic E-state index is 9.41. The number of nitrogens with zero attached hydrogens (tertiary/aromatic N) is 1. The van der Waals surface area contributed by atoms with Crippen LogP contribution in [-0.4, -0.2) is 24.3 Å². The second kappa shape index (κ2) is 4.64. The van der Waals surface area contributed by atoms with Gasteiger partial charge in [0.05, 0.1) is 6.10 Å². The maximum atomic E-state index is 9.41. The summed E-state index contributed by atoms with van der Waals surface area (Å²) in [6.45, 7) is 2.49. The summed E-state index contributed by atoms with van der Waals surface area (Å²) in [7, 11) is 0. The third-order valence-corrected chi connectivity index (χ3v) is 3.00. The summed E-state index contributed by atoms with van der Waals surface area (Å²) in [6, 6.07) is 8.36. The van der Waals surface area contributed by atoms with Crippen molar-refractivity contribution in [2.24, 2.45) is 5.73 Å². The van der Waals surface area contributed by atoms with Gasteiger partial charge in [0.15, 0.2) is 0 Å². The Kier molecular flexibility index (Phi) is 3.23. The van der Waals surface area contributed by atoms with Gasteiger partial charge in [0.25, 0.3) is 0 Å². The van der Waals surface area contributed by atoms with Gasteiger partial charge in [-0.25, -0.2) is 0 Å². The van der Waals surface area contributed by atoms with E-state index in [1.165, 1.54) is 5.69 Å². The number of hydrogen-bond acceptors (Lipinski definition) is 3. The van der Waals surface area contributed by atoms with E-state index in [2.05, 4.69) is 29.2 Å². The summed E-state index contributed by atoms with van der Waals surface area (Å²) in [5.41, 5.74) is 7.95. The molecule has 0 aromatic heterocycles. The largest absolute Gasteiger partial charge is 0.393 e. The van der Waals surface area contributed by atoms with Crippen LogP contribution in [0.2, 0.25) is 0 Å². The Morgan fingerprint density at radius 3 is 2.33 bits per heavy atom. The molecular formula is C12H18N2O. The van der Waals surface area contributed by atoms with E-state index in [1.807, 2.05) is 0 Å². The van der Waals surface area contributed by atoms with E-state index in [-0.39, 0.29) is 6.10 Å². The van der Waals surface area contributed by atoms with Gasteiger partial charge in [-0.15, -0.1) is 0 Å². The lowest BCUT2D eigenvalue weighted by Crippen LogP contribution is -2.35. The van der Waals surface area contributed by atoms with Gasteiger partial charge in [0, 0.05) is 25.3 Å². The molecule has 0 aliphatic carbocycles. The fraction of sp³-hybridized carbons (Fsp3) is 0.500. The minimum absolute atomic E-state index is 0.107. The molecule has 82 valence electrons. The van der Waals surface area contributed by atoms with Crippen LogP contribution < -0.4 is 10.6 Å². The monoisotopic (exact) mass is 206 g/mol. The van der Waals surface area contributed by atoms with E-state index in [0.29, 0.717) is 6.54 Å². The van der Waals surface area contributed by atoms with Crippen molar-refractivity contribution in [1.29, 1.82) is 0 Å². The van der Waals surface area contributed by atoms with Gasteiger partial charge in [-0.1, -0.05) is 12.1 Å². The molecule has 2 rings (SSSR count). The van der Waals surface area contributed by atoms with Crippen LogP contribution in [0.3, 0.4) is 0 Å². The van der Waals surface area contributed by atoms with Crippen LogP contribution >= 0.6 is 0 Å². The number of aliphatic hydroxyl groups is 1. The van der Waals surface area contributed by atoms with Crippen LogP contribution in [0.1, 0.15) is 18.4 Å². The number of rotatable bonds is 2. The van der Waals surface area contributed by atoms with Crippen molar-refractivity contribution in [3.05, 3.63) is 29.8 Å². The molecule has 1 aromatic carbocycles. The van der Waals surface area contributed by atoms with Crippen LogP contribution in [0.25, 0.3) is 0 Å². The fourth-order valence-electron chi connectivity index (χ4n) is 1.97. The summed E-state index contributed by atoms with van der Waals surface area (Å²) < 4.78 is 0. The Hall–Kier alpha value is -1.06. The highest BCUT2D eigenvalue weighted by molar-refractivity contribution is 5.47. The summed E-state index contributed by atoms with van der Waals surface area (Å²) in [5.74, 6) is 0. The average molecular weight is 206 g/mol. The highest BCUT2D eigenvalue weighted by atomic mass is 16.3. The van der Waals surface area contributed by atoms with Gasteiger partial charge in [-0.2, -0.15) is 0 Å². The van der Waals surface area contributed by atoms with Crippen molar-refractivity contribution in [1.82, 2.24) is 0 Å². The molecule has 0 bridgehead atoms. The van der Waals surface area contributed by atoms with Gasteiger partial charge in [-0.05, 0) is 30.5 Å². The van der Waals surface area contributed by atoms with Crippen molar-refractivity contribution in [2.75, 3.05) is 18.0 Å². The van der Waals surface area contributed by atoms with Crippen LogP contribution in [0.15, 0.2) is 24.3 Å². The molecule has 0 spiro atoms. The third kappa shape index (κ3) is 2.49. The average Bonchev–Trinajstić information content (AvgIpc) is 2.30. The molecule has 1 aliphatic rings. The molecule has 0 amide bonds. The summed E-state index contributed by atoms with van der Waals surface area (Å²) in [6.07, 6.45) is 1.64. The highest BCUT2D eigenvalue weighted by Gasteiger charge is 2.16. The first-order valence-electron chi connectivity index (χ1n) is 5.51. The van der Waals surface area contributed by atoms with Crippen molar-refractivity contribution in [3.63, 3.8) is 0 Å². The lowest BCUT2D eigenvalue weighted by molar-refractivity contribution is 0.145. The van der Waals surface area contributed by atoms with Crippen molar-refractivity contribution in [3.8, 4) is 0 Å². The predicted molar refractivity (Wildman–Crippen MR) is 61.8 cm³/mol. The van der Waals surface area contributed by atoms with E-state index >= 15 is 0 Å². The van der Waals surface area contributed by atoms with E-state index in [0.717, 1.165) is 31.5 Å².